The van der Waals surface area contributed by atoms with Crippen LogP contribution >= 0.6 is 11.3 Å². The van der Waals surface area contributed by atoms with Gasteiger partial charge in [-0.25, -0.2) is 4.98 Å². The van der Waals surface area contributed by atoms with Gasteiger partial charge in [0.05, 0.1) is 6.54 Å². The fourth-order valence-electron chi connectivity index (χ4n) is 1.73. The van der Waals surface area contributed by atoms with E-state index in [0.717, 1.165) is 0 Å². The number of nitrogens with two attached hydrogens (primary N) is 1. The molecule has 0 radical (unpaired) electrons. The number of carbonyl (C=O) groups excluding carboxylic acids is 2. The summed E-state index contributed by atoms with van der Waals surface area (Å²) in [7, 11) is 0. The molecule has 0 saturated heterocycles. The first-order chi connectivity index (χ1) is 9.88. The monoisotopic (exact) mass is 313 g/mol. The van der Waals surface area contributed by atoms with E-state index < -0.39 is 0 Å². The third-order valence-electron chi connectivity index (χ3n) is 2.79. The van der Waals surface area contributed by atoms with Crippen LogP contribution in [0.2, 0.25) is 0 Å². The fourth-order valence-corrected chi connectivity index (χ4v) is 2.67. The van der Waals surface area contributed by atoms with Gasteiger partial charge >= 0.3 is 0 Å². The molecule has 0 aliphatic heterocycles. The lowest BCUT2D eigenvalue weighted by molar-refractivity contribution is -0.129. The molecule has 1 rings (SSSR count). The molecule has 8 heteroatoms. The average Bonchev–Trinajstić information content (AvgIpc) is 2.77. The van der Waals surface area contributed by atoms with E-state index in [4.69, 9.17) is 5.73 Å². The summed E-state index contributed by atoms with van der Waals surface area (Å²) < 4.78 is 0. The highest BCUT2D eigenvalue weighted by molar-refractivity contribution is 7.18. The van der Waals surface area contributed by atoms with Crippen LogP contribution in [-0.4, -0.2) is 47.4 Å². The van der Waals surface area contributed by atoms with Gasteiger partial charge in [0.25, 0.3) is 5.91 Å². The van der Waals surface area contributed by atoms with Crippen molar-refractivity contribution in [2.45, 2.75) is 33.7 Å². The maximum Gasteiger partial charge on any atom is 0.265 e. The van der Waals surface area contributed by atoms with Gasteiger partial charge in [-0.3, -0.25) is 9.59 Å². The molecular formula is C13H23N5O2S. The van der Waals surface area contributed by atoms with Crippen molar-refractivity contribution in [3.05, 3.63) is 4.88 Å². The molecule has 1 aromatic heterocycles. The molecule has 21 heavy (non-hydrogen) atoms. The highest BCUT2D eigenvalue weighted by Gasteiger charge is 2.18. The smallest absolute Gasteiger partial charge is 0.265 e. The van der Waals surface area contributed by atoms with Crippen LogP contribution < -0.4 is 16.4 Å². The van der Waals surface area contributed by atoms with E-state index in [2.05, 4.69) is 15.6 Å². The van der Waals surface area contributed by atoms with Gasteiger partial charge in [0.1, 0.15) is 10.7 Å². The van der Waals surface area contributed by atoms with Crippen molar-refractivity contribution in [1.82, 2.24) is 15.2 Å². The molecule has 0 aromatic carbocycles. The van der Waals surface area contributed by atoms with Crippen LogP contribution in [0.5, 0.6) is 0 Å². The Morgan fingerprint density at radius 1 is 1.33 bits per heavy atom. The van der Waals surface area contributed by atoms with Crippen LogP contribution in [0, 0.1) is 0 Å². The van der Waals surface area contributed by atoms with Gasteiger partial charge in [-0.15, -0.1) is 0 Å². The zero-order chi connectivity index (χ0) is 16.0. The Balaban J connectivity index is 2.64. The SMILES string of the molecule is CCN(CC)C(=O)CNC(=O)c1sc(NC(C)C)nc1N. The quantitative estimate of drug-likeness (QED) is 0.701. The van der Waals surface area contributed by atoms with Crippen LogP contribution in [0.1, 0.15) is 37.4 Å². The third-order valence-corrected chi connectivity index (χ3v) is 3.79. The second-order valence-corrected chi connectivity index (χ2v) is 5.78. The molecule has 1 aromatic rings. The Morgan fingerprint density at radius 2 is 1.95 bits per heavy atom. The summed E-state index contributed by atoms with van der Waals surface area (Å²) in [6, 6.07) is 0.204. The Bertz CT molecular complexity index is 497. The molecule has 7 nitrogen and oxygen atoms in total. The van der Waals surface area contributed by atoms with E-state index in [-0.39, 0.29) is 30.2 Å². The van der Waals surface area contributed by atoms with Gasteiger partial charge in [0, 0.05) is 19.1 Å². The van der Waals surface area contributed by atoms with Crippen molar-refractivity contribution in [2.75, 3.05) is 30.7 Å². The molecule has 0 spiro atoms. The fraction of sp³-hybridized carbons (Fsp3) is 0.615. The number of amides is 2. The first-order valence-corrected chi connectivity index (χ1v) is 7.79. The number of nitrogens with one attached hydrogen (secondary N) is 2. The first kappa shape index (κ1) is 17.2. The lowest BCUT2D eigenvalue weighted by atomic mass is 10.4. The summed E-state index contributed by atoms with van der Waals surface area (Å²) in [5.41, 5.74) is 5.74. The summed E-state index contributed by atoms with van der Waals surface area (Å²) >= 11 is 1.18. The maximum absolute atomic E-state index is 12.0. The highest BCUT2D eigenvalue weighted by Crippen LogP contribution is 2.25. The standard InChI is InChI=1S/C13H23N5O2S/c1-5-18(6-2)9(19)7-15-12(20)10-11(14)17-13(21-10)16-8(3)4/h8H,5-7,14H2,1-4H3,(H,15,20)(H,16,17). The highest BCUT2D eigenvalue weighted by atomic mass is 32.1. The lowest BCUT2D eigenvalue weighted by Crippen LogP contribution is -2.39. The summed E-state index contributed by atoms with van der Waals surface area (Å²) in [6.07, 6.45) is 0. The first-order valence-electron chi connectivity index (χ1n) is 6.97. The molecule has 0 bridgehead atoms. The van der Waals surface area contributed by atoms with Crippen molar-refractivity contribution in [3.63, 3.8) is 0 Å². The van der Waals surface area contributed by atoms with E-state index in [1.54, 1.807) is 4.90 Å². The summed E-state index contributed by atoms with van der Waals surface area (Å²) in [5.74, 6) is -0.310. The van der Waals surface area contributed by atoms with Gasteiger partial charge in [0.2, 0.25) is 5.91 Å². The molecule has 0 aliphatic carbocycles. The summed E-state index contributed by atoms with van der Waals surface area (Å²) in [6.45, 7) is 8.94. The van der Waals surface area contributed by atoms with Crippen molar-refractivity contribution in [3.8, 4) is 0 Å². The number of carbonyl (C=O) groups is 2. The number of hydrogen-bond donors (Lipinski definition) is 3. The second-order valence-electron chi connectivity index (χ2n) is 4.78. The molecule has 0 atom stereocenters. The number of nitrogens with zero attached hydrogens (tertiary/aromatic N) is 2. The minimum Gasteiger partial charge on any atom is -0.382 e. The number of anilines is 2. The maximum atomic E-state index is 12.0. The van der Waals surface area contributed by atoms with Crippen molar-refractivity contribution in [1.29, 1.82) is 0 Å². The van der Waals surface area contributed by atoms with Gasteiger partial charge in [-0.1, -0.05) is 11.3 Å². The Morgan fingerprint density at radius 3 is 2.48 bits per heavy atom. The van der Waals surface area contributed by atoms with E-state index in [1.165, 1.54) is 11.3 Å². The van der Waals surface area contributed by atoms with E-state index in [1.807, 2.05) is 27.7 Å². The van der Waals surface area contributed by atoms with E-state index in [0.29, 0.717) is 23.1 Å². The molecular weight excluding hydrogens is 290 g/mol. The number of rotatable bonds is 7. The largest absolute Gasteiger partial charge is 0.382 e. The van der Waals surface area contributed by atoms with Gasteiger partial charge < -0.3 is 21.3 Å². The van der Waals surface area contributed by atoms with Crippen LogP contribution in [0.25, 0.3) is 0 Å². The van der Waals surface area contributed by atoms with Crippen LogP contribution in [-0.2, 0) is 4.79 Å². The van der Waals surface area contributed by atoms with Crippen LogP contribution in [0.3, 0.4) is 0 Å². The van der Waals surface area contributed by atoms with Gasteiger partial charge in [0.15, 0.2) is 5.13 Å². The third kappa shape index (κ3) is 4.89. The molecule has 0 saturated carbocycles. The zero-order valence-electron chi connectivity index (χ0n) is 12.9. The predicted molar refractivity (Wildman–Crippen MR) is 85.5 cm³/mol. The van der Waals surface area contributed by atoms with Crippen molar-refractivity contribution in [2.24, 2.45) is 0 Å². The molecule has 118 valence electrons. The lowest BCUT2D eigenvalue weighted by Gasteiger charge is -2.18. The molecule has 0 fully saturated rings. The number of likely N-dealkylation sites (N-methyl/N-ethyl adjacent to an activating group) is 1. The summed E-state index contributed by atoms with van der Waals surface area (Å²) in [5, 5.41) is 6.28. The second kappa shape index (κ2) is 7.82. The number of nitrogen functional groups attached to an aromatic ring is 1. The van der Waals surface area contributed by atoms with Crippen LogP contribution in [0.4, 0.5) is 10.9 Å². The van der Waals surface area contributed by atoms with Gasteiger partial charge in [-0.2, -0.15) is 0 Å². The molecule has 4 N–H and O–H groups in total. The Hall–Kier alpha value is -1.83. The zero-order valence-corrected chi connectivity index (χ0v) is 13.7. The number of aromatic nitrogens is 1. The number of hydrogen-bond acceptors (Lipinski definition) is 6. The van der Waals surface area contributed by atoms with E-state index in [9.17, 15) is 9.59 Å². The normalized spacial score (nSPS) is 10.5. The van der Waals surface area contributed by atoms with Crippen molar-refractivity contribution < 1.29 is 9.59 Å². The molecule has 1 heterocycles. The van der Waals surface area contributed by atoms with Gasteiger partial charge in [-0.05, 0) is 27.7 Å². The van der Waals surface area contributed by atoms with Crippen molar-refractivity contribution >= 4 is 34.1 Å². The predicted octanol–water partition coefficient (Wildman–Crippen LogP) is 1.14. The number of thiazole rings is 1. The Kier molecular flexibility index (Phi) is 6.41. The molecule has 2 amide bonds. The molecule has 0 aliphatic rings. The average molecular weight is 313 g/mol. The van der Waals surface area contributed by atoms with E-state index >= 15 is 0 Å². The minimum atomic E-state index is -0.373. The minimum absolute atomic E-state index is 0.0369. The van der Waals surface area contributed by atoms with Crippen LogP contribution in [0.15, 0.2) is 0 Å². The Labute approximate surface area is 128 Å². The summed E-state index contributed by atoms with van der Waals surface area (Å²) in [4.78, 5) is 30.0. The topological polar surface area (TPSA) is 100 Å². The molecule has 0 unspecified atom stereocenters.